The van der Waals surface area contributed by atoms with Gasteiger partial charge in [0.25, 0.3) is 5.91 Å². The highest BCUT2D eigenvalue weighted by atomic mass is 32.1. The van der Waals surface area contributed by atoms with E-state index >= 15 is 0 Å². The molecule has 3 aromatic rings. The van der Waals surface area contributed by atoms with Crippen LogP contribution in [0.5, 0.6) is 5.75 Å². The summed E-state index contributed by atoms with van der Waals surface area (Å²) in [5, 5.41) is 11.1. The number of amides is 1. The number of aliphatic hydroxyl groups excluding tert-OH is 1. The summed E-state index contributed by atoms with van der Waals surface area (Å²) in [4.78, 5) is 44.8. The quantitative estimate of drug-likeness (QED) is 0.206. The molecule has 2 heterocycles. The average molecular weight is 533 g/mol. The number of carbonyl (C=O) groups excluding carboxylic acids is 3. The number of rotatable bonds is 10. The zero-order valence-corrected chi connectivity index (χ0v) is 22.2. The van der Waals surface area contributed by atoms with Gasteiger partial charge >= 0.3 is 5.97 Å². The van der Waals surface area contributed by atoms with E-state index in [1.54, 1.807) is 37.3 Å². The zero-order chi connectivity index (χ0) is 27.2. The SMILES string of the molecule is CCCCOc1ccc(C2C(C(=O)/C=C/c3ccccc3)=C(O)C(=O)N2c2nc(C)c(C(=O)OC)s2)cc1. The molecule has 1 aliphatic rings. The second kappa shape index (κ2) is 11.9. The van der Waals surface area contributed by atoms with E-state index < -0.39 is 29.5 Å². The number of carbonyl (C=O) groups is 3. The van der Waals surface area contributed by atoms with Gasteiger partial charge in [-0.1, -0.05) is 73.2 Å². The Hall–Kier alpha value is -4.24. The Morgan fingerprint density at radius 3 is 2.50 bits per heavy atom. The predicted octanol–water partition coefficient (Wildman–Crippen LogP) is 5.60. The van der Waals surface area contributed by atoms with E-state index in [-0.39, 0.29) is 15.6 Å². The molecule has 1 atom stereocenters. The van der Waals surface area contributed by atoms with Gasteiger partial charge in [-0.25, -0.2) is 9.78 Å². The molecule has 8 nitrogen and oxygen atoms in total. The molecule has 9 heteroatoms. The highest BCUT2D eigenvalue weighted by Crippen LogP contribution is 2.43. The highest BCUT2D eigenvalue weighted by molar-refractivity contribution is 7.17. The average Bonchev–Trinajstić information content (AvgIpc) is 3.44. The number of hydrogen-bond acceptors (Lipinski definition) is 8. The van der Waals surface area contributed by atoms with Crippen molar-refractivity contribution >= 4 is 40.2 Å². The normalized spacial score (nSPS) is 15.4. The van der Waals surface area contributed by atoms with E-state index in [2.05, 4.69) is 11.9 Å². The third kappa shape index (κ3) is 5.52. The van der Waals surface area contributed by atoms with Crippen LogP contribution in [-0.4, -0.2) is 41.5 Å². The summed E-state index contributed by atoms with van der Waals surface area (Å²) in [6, 6.07) is 15.3. The van der Waals surface area contributed by atoms with Gasteiger partial charge < -0.3 is 14.6 Å². The molecule has 1 unspecified atom stereocenters. The van der Waals surface area contributed by atoms with Gasteiger partial charge in [-0.3, -0.25) is 14.5 Å². The van der Waals surface area contributed by atoms with Crippen molar-refractivity contribution in [1.82, 2.24) is 4.98 Å². The first-order valence-corrected chi connectivity index (χ1v) is 13.0. The van der Waals surface area contributed by atoms with Crippen molar-refractivity contribution in [2.75, 3.05) is 18.6 Å². The minimum absolute atomic E-state index is 0.0747. The molecule has 0 bridgehead atoms. The minimum atomic E-state index is -0.962. The number of ether oxygens (including phenoxy) is 2. The van der Waals surface area contributed by atoms with Gasteiger partial charge in [-0.05, 0) is 42.7 Å². The fourth-order valence-corrected chi connectivity index (χ4v) is 5.06. The molecule has 1 N–H and O–H groups in total. The first kappa shape index (κ1) is 26.8. The number of benzene rings is 2. The van der Waals surface area contributed by atoms with Crippen LogP contribution < -0.4 is 9.64 Å². The fraction of sp³-hybridized carbons (Fsp3) is 0.241. The van der Waals surface area contributed by atoms with Gasteiger partial charge in [0, 0.05) is 0 Å². The third-order valence-electron chi connectivity index (χ3n) is 6.02. The summed E-state index contributed by atoms with van der Waals surface area (Å²) in [7, 11) is 1.26. The van der Waals surface area contributed by atoms with Gasteiger partial charge in [0.15, 0.2) is 16.7 Å². The van der Waals surface area contributed by atoms with Gasteiger partial charge in [0.05, 0.1) is 31.0 Å². The summed E-state index contributed by atoms with van der Waals surface area (Å²) >= 11 is 0.962. The minimum Gasteiger partial charge on any atom is -0.503 e. The van der Waals surface area contributed by atoms with E-state index in [1.165, 1.54) is 18.1 Å². The number of aromatic nitrogens is 1. The van der Waals surface area contributed by atoms with Crippen molar-refractivity contribution in [3.8, 4) is 5.75 Å². The van der Waals surface area contributed by atoms with Crippen molar-refractivity contribution in [2.24, 2.45) is 0 Å². The summed E-state index contributed by atoms with van der Waals surface area (Å²) < 4.78 is 10.6. The number of aryl methyl sites for hydroxylation is 1. The number of hydrogen-bond donors (Lipinski definition) is 1. The molecule has 1 aromatic heterocycles. The van der Waals surface area contributed by atoms with Crippen molar-refractivity contribution in [2.45, 2.75) is 32.7 Å². The standard InChI is InChI=1S/C29H28N2O6S/c1-4-5-17-37-21-14-12-20(13-15-21)24-23(22(32)16-11-19-9-7-6-8-10-19)25(33)27(34)31(24)29-30-18(2)26(38-29)28(35)36-3/h6-16,24,33H,4-5,17H2,1-3H3/b16-11+. The second-order valence-corrected chi connectivity index (χ2v) is 9.60. The van der Waals surface area contributed by atoms with Crippen LogP contribution in [0.1, 0.15) is 52.3 Å². The molecule has 0 saturated heterocycles. The molecule has 1 amide bonds. The summed E-state index contributed by atoms with van der Waals surface area (Å²) in [6.45, 7) is 4.28. The van der Waals surface area contributed by atoms with Crippen LogP contribution in [0.2, 0.25) is 0 Å². The Bertz CT molecular complexity index is 1390. The molecule has 0 aliphatic carbocycles. The number of nitrogens with zero attached hydrogens (tertiary/aromatic N) is 2. The number of esters is 1. The lowest BCUT2D eigenvalue weighted by Crippen LogP contribution is -2.30. The molecule has 2 aromatic carbocycles. The highest BCUT2D eigenvalue weighted by Gasteiger charge is 2.45. The van der Waals surface area contributed by atoms with E-state index in [0.717, 1.165) is 29.7 Å². The Morgan fingerprint density at radius 1 is 1.13 bits per heavy atom. The van der Waals surface area contributed by atoms with Crippen LogP contribution in [-0.2, 0) is 14.3 Å². The molecule has 38 heavy (non-hydrogen) atoms. The maximum Gasteiger partial charge on any atom is 0.350 e. The van der Waals surface area contributed by atoms with Gasteiger partial charge in [0.2, 0.25) is 0 Å². The fourth-order valence-electron chi connectivity index (χ4n) is 4.04. The molecule has 0 radical (unpaired) electrons. The Labute approximate surface area is 224 Å². The number of unbranched alkanes of at least 4 members (excludes halogenated alkanes) is 1. The second-order valence-electron chi connectivity index (χ2n) is 8.62. The summed E-state index contributed by atoms with van der Waals surface area (Å²) in [5.74, 6) is -1.88. The molecule has 0 spiro atoms. The largest absolute Gasteiger partial charge is 0.503 e. The lowest BCUT2D eigenvalue weighted by Gasteiger charge is -2.24. The predicted molar refractivity (Wildman–Crippen MR) is 145 cm³/mol. The van der Waals surface area contributed by atoms with E-state index in [4.69, 9.17) is 9.47 Å². The van der Waals surface area contributed by atoms with Crippen LogP contribution in [0.3, 0.4) is 0 Å². The van der Waals surface area contributed by atoms with Gasteiger partial charge in [0.1, 0.15) is 10.6 Å². The third-order valence-corrected chi connectivity index (χ3v) is 7.16. The topological polar surface area (TPSA) is 106 Å². The Balaban J connectivity index is 1.75. The first-order chi connectivity index (χ1) is 18.3. The summed E-state index contributed by atoms with van der Waals surface area (Å²) in [5.41, 5.74) is 1.68. The van der Waals surface area contributed by atoms with Gasteiger partial charge in [-0.15, -0.1) is 0 Å². The number of ketones is 1. The number of aliphatic hydroxyl groups is 1. The lowest BCUT2D eigenvalue weighted by molar-refractivity contribution is -0.117. The molecule has 4 rings (SSSR count). The van der Waals surface area contributed by atoms with Crippen molar-refractivity contribution in [3.63, 3.8) is 0 Å². The maximum absolute atomic E-state index is 13.4. The van der Waals surface area contributed by atoms with E-state index in [0.29, 0.717) is 23.6 Å². The zero-order valence-electron chi connectivity index (χ0n) is 21.3. The number of methoxy groups -OCH3 is 1. The van der Waals surface area contributed by atoms with Crippen LogP contribution in [0.15, 0.2) is 72.0 Å². The molecule has 1 aliphatic heterocycles. The first-order valence-electron chi connectivity index (χ1n) is 12.2. The number of anilines is 1. The van der Waals surface area contributed by atoms with Crippen LogP contribution in [0.25, 0.3) is 6.08 Å². The van der Waals surface area contributed by atoms with E-state index in [9.17, 15) is 19.5 Å². The molecular formula is C29H28N2O6S. The van der Waals surface area contributed by atoms with Crippen LogP contribution >= 0.6 is 11.3 Å². The van der Waals surface area contributed by atoms with E-state index in [1.807, 2.05) is 30.3 Å². The smallest absolute Gasteiger partial charge is 0.350 e. The summed E-state index contributed by atoms with van der Waals surface area (Å²) in [6.07, 6.45) is 4.88. The molecule has 0 saturated carbocycles. The number of allylic oxidation sites excluding steroid dienone is 1. The Morgan fingerprint density at radius 2 is 1.84 bits per heavy atom. The van der Waals surface area contributed by atoms with Crippen molar-refractivity contribution in [1.29, 1.82) is 0 Å². The molecule has 0 fully saturated rings. The number of thiazole rings is 1. The van der Waals surface area contributed by atoms with Crippen molar-refractivity contribution in [3.05, 3.63) is 93.7 Å². The lowest BCUT2D eigenvalue weighted by atomic mass is 9.95. The van der Waals surface area contributed by atoms with Crippen LogP contribution in [0.4, 0.5) is 5.13 Å². The Kier molecular flexibility index (Phi) is 8.38. The van der Waals surface area contributed by atoms with Crippen molar-refractivity contribution < 1.29 is 29.0 Å². The van der Waals surface area contributed by atoms with Gasteiger partial charge in [-0.2, -0.15) is 0 Å². The maximum atomic E-state index is 13.4. The molecule has 196 valence electrons. The van der Waals surface area contributed by atoms with Crippen LogP contribution in [0, 0.1) is 6.92 Å². The molecular weight excluding hydrogens is 504 g/mol. The monoisotopic (exact) mass is 532 g/mol.